The number of carbonyl (C=O) groups is 3. The summed E-state index contributed by atoms with van der Waals surface area (Å²) < 4.78 is 27.3. The van der Waals surface area contributed by atoms with Crippen molar-refractivity contribution >= 4 is 28.9 Å². The van der Waals surface area contributed by atoms with Crippen LogP contribution in [0.4, 0.5) is 8.78 Å². The van der Waals surface area contributed by atoms with Gasteiger partial charge in [0.25, 0.3) is 5.91 Å². The number of likely N-dealkylation sites (tertiary alicyclic amines) is 1. The van der Waals surface area contributed by atoms with Crippen molar-refractivity contribution in [3.8, 4) is 0 Å². The van der Waals surface area contributed by atoms with Crippen LogP contribution in [0, 0.1) is 23.5 Å². The first kappa shape index (κ1) is 22.1. The van der Waals surface area contributed by atoms with E-state index in [1.54, 1.807) is 22.4 Å². The minimum atomic E-state index is -0.740. The van der Waals surface area contributed by atoms with E-state index in [4.69, 9.17) is 0 Å². The third-order valence-corrected chi connectivity index (χ3v) is 6.20. The zero-order valence-corrected chi connectivity index (χ0v) is 17.7. The van der Waals surface area contributed by atoms with E-state index in [1.165, 1.54) is 11.3 Å². The number of ketones is 1. The number of thiophene rings is 1. The Balaban J connectivity index is 1.62. The molecule has 0 aliphatic carbocycles. The lowest BCUT2D eigenvalue weighted by molar-refractivity contribution is -0.135. The molecule has 160 valence electrons. The topological polar surface area (TPSA) is 66.5 Å². The van der Waals surface area contributed by atoms with E-state index >= 15 is 0 Å². The van der Waals surface area contributed by atoms with Gasteiger partial charge in [-0.3, -0.25) is 14.4 Å². The number of hydrogen-bond acceptors (Lipinski definition) is 4. The van der Waals surface area contributed by atoms with Crippen molar-refractivity contribution in [2.75, 3.05) is 13.1 Å². The third-order valence-electron chi connectivity index (χ3n) is 5.34. The van der Waals surface area contributed by atoms with Crippen molar-refractivity contribution in [1.29, 1.82) is 0 Å². The molecule has 1 aliphatic heterocycles. The summed E-state index contributed by atoms with van der Waals surface area (Å²) in [6.07, 6.45) is 0.731. The van der Waals surface area contributed by atoms with Crippen molar-refractivity contribution < 1.29 is 23.2 Å². The van der Waals surface area contributed by atoms with E-state index in [0.717, 1.165) is 18.2 Å². The summed E-state index contributed by atoms with van der Waals surface area (Å²) in [6.45, 7) is 4.37. The lowest BCUT2D eigenvalue weighted by Crippen LogP contribution is -2.53. The zero-order valence-electron chi connectivity index (χ0n) is 16.9. The van der Waals surface area contributed by atoms with E-state index in [9.17, 15) is 23.2 Å². The summed E-state index contributed by atoms with van der Waals surface area (Å²) >= 11 is 1.30. The van der Waals surface area contributed by atoms with Gasteiger partial charge in [0.2, 0.25) is 5.91 Å². The first-order valence-corrected chi connectivity index (χ1v) is 10.8. The molecule has 0 bridgehead atoms. The minimum absolute atomic E-state index is 0.109. The van der Waals surface area contributed by atoms with Gasteiger partial charge in [0.05, 0.1) is 10.4 Å². The highest BCUT2D eigenvalue weighted by Gasteiger charge is 2.34. The second-order valence-electron chi connectivity index (χ2n) is 7.76. The highest BCUT2D eigenvalue weighted by molar-refractivity contribution is 7.12. The fraction of sp³-hybridized carbons (Fsp3) is 0.409. The molecular formula is C22H24F2N2O3S. The lowest BCUT2D eigenvalue weighted by atomic mass is 9.88. The predicted octanol–water partition coefficient (Wildman–Crippen LogP) is 3.90. The first-order chi connectivity index (χ1) is 14.3. The Kier molecular flexibility index (Phi) is 6.97. The van der Waals surface area contributed by atoms with Crippen molar-refractivity contribution in [1.82, 2.24) is 10.2 Å². The summed E-state index contributed by atoms with van der Waals surface area (Å²) in [7, 11) is 0. The second-order valence-corrected chi connectivity index (χ2v) is 8.71. The number of hydrogen-bond donors (Lipinski definition) is 1. The average molecular weight is 435 g/mol. The van der Waals surface area contributed by atoms with E-state index < -0.39 is 29.4 Å². The molecule has 1 aliphatic rings. The quantitative estimate of drug-likeness (QED) is 0.702. The van der Waals surface area contributed by atoms with Gasteiger partial charge in [0.1, 0.15) is 17.7 Å². The largest absolute Gasteiger partial charge is 0.341 e. The molecule has 2 aromatic rings. The van der Waals surface area contributed by atoms with Crippen LogP contribution in [0.25, 0.3) is 0 Å². The molecule has 1 fully saturated rings. The Labute approximate surface area is 178 Å². The molecule has 2 heterocycles. The summed E-state index contributed by atoms with van der Waals surface area (Å²) in [6, 6.07) is 5.64. The lowest BCUT2D eigenvalue weighted by Gasteiger charge is -2.35. The summed E-state index contributed by atoms with van der Waals surface area (Å²) in [5.41, 5.74) is -0.247. The van der Waals surface area contributed by atoms with Gasteiger partial charge in [-0.25, -0.2) is 8.78 Å². The molecule has 0 saturated carbocycles. The average Bonchev–Trinajstić information content (AvgIpc) is 3.27. The standard InChI is InChI=1S/C22H24F2N2O3S/c1-13(2)19(25-21(28)18-4-3-11-30-18)22(29)26-9-7-14(8-10-26)20(27)16-12-15(23)5-6-17(16)24/h3-6,11-14,19H,7-10H2,1-2H3,(H,25,28). The number of Topliss-reactive ketones (excluding diaryl/α,β-unsaturated/α-hetero) is 1. The highest BCUT2D eigenvalue weighted by atomic mass is 32.1. The Morgan fingerprint density at radius 1 is 1.13 bits per heavy atom. The number of amides is 2. The van der Waals surface area contributed by atoms with E-state index in [1.807, 2.05) is 13.8 Å². The Bertz CT molecular complexity index is 922. The van der Waals surface area contributed by atoms with Crippen LogP contribution in [0.3, 0.4) is 0 Å². The van der Waals surface area contributed by atoms with Gasteiger partial charge < -0.3 is 10.2 Å². The number of halogens is 2. The first-order valence-electron chi connectivity index (χ1n) is 9.90. The smallest absolute Gasteiger partial charge is 0.262 e. The number of benzene rings is 1. The number of nitrogens with one attached hydrogen (secondary N) is 1. The van der Waals surface area contributed by atoms with E-state index in [-0.39, 0.29) is 23.3 Å². The number of piperidine rings is 1. The summed E-state index contributed by atoms with van der Waals surface area (Å²) in [5.74, 6) is -2.90. The SMILES string of the molecule is CC(C)C(NC(=O)c1cccs1)C(=O)N1CCC(C(=O)c2cc(F)ccc2F)CC1. The molecule has 1 aromatic heterocycles. The van der Waals surface area contributed by atoms with Gasteiger partial charge >= 0.3 is 0 Å². The molecule has 0 spiro atoms. The monoisotopic (exact) mass is 434 g/mol. The third kappa shape index (κ3) is 4.92. The van der Waals surface area contributed by atoms with Crippen LogP contribution in [0.15, 0.2) is 35.7 Å². The summed E-state index contributed by atoms with van der Waals surface area (Å²) in [4.78, 5) is 40.2. The van der Waals surface area contributed by atoms with Gasteiger partial charge in [-0.2, -0.15) is 0 Å². The van der Waals surface area contributed by atoms with Gasteiger partial charge in [0.15, 0.2) is 5.78 Å². The molecule has 3 rings (SSSR count). The maximum Gasteiger partial charge on any atom is 0.262 e. The van der Waals surface area contributed by atoms with Crippen LogP contribution in [-0.2, 0) is 4.79 Å². The predicted molar refractivity (Wildman–Crippen MR) is 110 cm³/mol. The van der Waals surface area contributed by atoms with Crippen LogP contribution in [0.5, 0.6) is 0 Å². The Hall–Kier alpha value is -2.61. The molecule has 1 saturated heterocycles. The van der Waals surface area contributed by atoms with Crippen LogP contribution in [-0.4, -0.2) is 41.6 Å². The second kappa shape index (κ2) is 9.47. The minimum Gasteiger partial charge on any atom is -0.341 e. The van der Waals surface area contributed by atoms with Crippen LogP contribution in [0.2, 0.25) is 0 Å². The molecule has 1 N–H and O–H groups in total. The molecule has 5 nitrogen and oxygen atoms in total. The van der Waals surface area contributed by atoms with Crippen molar-refractivity contribution in [3.05, 3.63) is 57.8 Å². The maximum absolute atomic E-state index is 13.9. The molecule has 1 atom stereocenters. The number of rotatable bonds is 6. The van der Waals surface area contributed by atoms with Gasteiger partial charge in [-0.1, -0.05) is 19.9 Å². The molecule has 1 aromatic carbocycles. The van der Waals surface area contributed by atoms with Gasteiger partial charge in [-0.05, 0) is 48.4 Å². The van der Waals surface area contributed by atoms with Crippen LogP contribution >= 0.6 is 11.3 Å². The molecule has 30 heavy (non-hydrogen) atoms. The van der Waals surface area contributed by atoms with Crippen LogP contribution in [0.1, 0.15) is 46.7 Å². The highest BCUT2D eigenvalue weighted by Crippen LogP contribution is 2.25. The van der Waals surface area contributed by atoms with Crippen molar-refractivity contribution in [2.45, 2.75) is 32.7 Å². The molecular weight excluding hydrogens is 410 g/mol. The van der Waals surface area contributed by atoms with Crippen LogP contribution < -0.4 is 5.32 Å². The van der Waals surface area contributed by atoms with Gasteiger partial charge in [0, 0.05) is 19.0 Å². The molecule has 0 radical (unpaired) electrons. The normalized spacial score (nSPS) is 15.8. The molecule has 8 heteroatoms. The van der Waals surface area contributed by atoms with E-state index in [0.29, 0.717) is 30.8 Å². The maximum atomic E-state index is 13.9. The van der Waals surface area contributed by atoms with Gasteiger partial charge in [-0.15, -0.1) is 11.3 Å². The molecule has 2 amide bonds. The van der Waals surface area contributed by atoms with E-state index in [2.05, 4.69) is 5.32 Å². The number of carbonyl (C=O) groups excluding carboxylic acids is 3. The zero-order chi connectivity index (χ0) is 21.8. The Morgan fingerprint density at radius 3 is 2.43 bits per heavy atom. The fourth-order valence-electron chi connectivity index (χ4n) is 3.60. The Morgan fingerprint density at radius 2 is 1.83 bits per heavy atom. The fourth-order valence-corrected chi connectivity index (χ4v) is 4.23. The van der Waals surface area contributed by atoms with Crippen molar-refractivity contribution in [2.24, 2.45) is 11.8 Å². The van der Waals surface area contributed by atoms with Crippen molar-refractivity contribution in [3.63, 3.8) is 0 Å². The summed E-state index contributed by atoms with van der Waals surface area (Å²) in [5, 5.41) is 4.61. The number of nitrogens with zero attached hydrogens (tertiary/aromatic N) is 1. The molecule has 1 unspecified atom stereocenters.